The third kappa shape index (κ3) is 4.00. The zero-order valence-electron chi connectivity index (χ0n) is 13.4. The number of hydrogen-bond acceptors (Lipinski definition) is 3. The van der Waals surface area contributed by atoms with Gasteiger partial charge in [-0.3, -0.25) is 0 Å². The minimum atomic E-state index is -4.37. The van der Waals surface area contributed by atoms with E-state index in [-0.39, 0.29) is 12.5 Å². The molecule has 0 radical (unpaired) electrons. The van der Waals surface area contributed by atoms with Gasteiger partial charge in [0.25, 0.3) is 0 Å². The Balaban J connectivity index is 2.39. The summed E-state index contributed by atoms with van der Waals surface area (Å²) >= 11 is 0. The van der Waals surface area contributed by atoms with Crippen LogP contribution < -0.4 is 9.47 Å². The maximum Gasteiger partial charge on any atom is 0.416 e. The predicted octanol–water partition coefficient (Wildman–Crippen LogP) is 4.24. The Bertz CT molecular complexity index is 666. The highest BCUT2D eigenvalue weighted by atomic mass is 19.4. The molecule has 1 N–H and O–H groups in total. The van der Waals surface area contributed by atoms with Gasteiger partial charge < -0.3 is 14.6 Å². The van der Waals surface area contributed by atoms with Crippen molar-refractivity contribution in [1.29, 1.82) is 0 Å². The third-order valence-electron chi connectivity index (χ3n) is 3.87. The number of alkyl halides is 3. The Labute approximate surface area is 138 Å². The van der Waals surface area contributed by atoms with Crippen molar-refractivity contribution < 1.29 is 27.8 Å². The maximum atomic E-state index is 12.7. The first-order valence-electron chi connectivity index (χ1n) is 7.40. The van der Waals surface area contributed by atoms with Gasteiger partial charge in [0.2, 0.25) is 0 Å². The molecule has 6 heteroatoms. The minimum Gasteiger partial charge on any atom is -0.493 e. The summed E-state index contributed by atoms with van der Waals surface area (Å²) < 4.78 is 48.6. The Morgan fingerprint density at radius 2 is 1.50 bits per heavy atom. The molecule has 0 saturated carbocycles. The highest BCUT2D eigenvalue weighted by Gasteiger charge is 2.30. The highest BCUT2D eigenvalue weighted by Crippen LogP contribution is 2.36. The summed E-state index contributed by atoms with van der Waals surface area (Å²) in [6.45, 7) is -0.0833. The summed E-state index contributed by atoms with van der Waals surface area (Å²) in [5, 5.41) is 9.33. The van der Waals surface area contributed by atoms with Crippen LogP contribution in [0.3, 0.4) is 0 Å². The summed E-state index contributed by atoms with van der Waals surface area (Å²) in [6.07, 6.45) is -3.98. The molecule has 0 saturated heterocycles. The molecule has 0 aliphatic rings. The summed E-state index contributed by atoms with van der Waals surface area (Å²) in [5.74, 6) is 0.860. The van der Waals surface area contributed by atoms with Crippen molar-refractivity contribution in [1.82, 2.24) is 0 Å². The van der Waals surface area contributed by atoms with E-state index in [4.69, 9.17) is 9.47 Å². The first kappa shape index (κ1) is 18.1. The van der Waals surface area contributed by atoms with E-state index >= 15 is 0 Å². The van der Waals surface area contributed by atoms with Crippen molar-refractivity contribution in [2.24, 2.45) is 0 Å². The van der Waals surface area contributed by atoms with E-state index in [2.05, 4.69) is 0 Å². The van der Waals surface area contributed by atoms with Crippen molar-refractivity contribution in [3.63, 3.8) is 0 Å². The van der Waals surface area contributed by atoms with Gasteiger partial charge in [-0.05, 0) is 41.8 Å². The minimum absolute atomic E-state index is 0.0833. The molecule has 0 aliphatic heterocycles. The fourth-order valence-corrected chi connectivity index (χ4v) is 2.63. The zero-order valence-corrected chi connectivity index (χ0v) is 13.4. The van der Waals surface area contributed by atoms with Crippen LogP contribution in [-0.4, -0.2) is 25.9 Å². The van der Waals surface area contributed by atoms with Crippen LogP contribution in [0.25, 0.3) is 0 Å². The molecular weight excluding hydrogens is 321 g/mol. The quantitative estimate of drug-likeness (QED) is 0.855. The highest BCUT2D eigenvalue weighted by molar-refractivity contribution is 5.46. The molecule has 0 spiro atoms. The van der Waals surface area contributed by atoms with Crippen molar-refractivity contribution in [2.75, 3.05) is 20.8 Å². The lowest BCUT2D eigenvalue weighted by Crippen LogP contribution is -2.07. The average Bonchev–Trinajstić information content (AvgIpc) is 2.58. The van der Waals surface area contributed by atoms with Gasteiger partial charge in [-0.25, -0.2) is 0 Å². The molecule has 24 heavy (non-hydrogen) atoms. The maximum absolute atomic E-state index is 12.7. The molecule has 2 aromatic rings. The average molecular weight is 340 g/mol. The molecule has 2 aromatic carbocycles. The van der Waals surface area contributed by atoms with Crippen molar-refractivity contribution in [3.8, 4) is 11.5 Å². The fourth-order valence-electron chi connectivity index (χ4n) is 2.63. The number of hydrogen-bond donors (Lipinski definition) is 1. The lowest BCUT2D eigenvalue weighted by Gasteiger charge is -2.19. The van der Waals surface area contributed by atoms with Crippen LogP contribution >= 0.6 is 0 Å². The number of ether oxygens (including phenoxy) is 2. The molecule has 0 bridgehead atoms. The van der Waals surface area contributed by atoms with E-state index in [1.807, 2.05) is 6.07 Å². The van der Waals surface area contributed by atoms with E-state index in [0.29, 0.717) is 23.5 Å². The van der Waals surface area contributed by atoms with Gasteiger partial charge in [-0.15, -0.1) is 0 Å². The van der Waals surface area contributed by atoms with Gasteiger partial charge in [0.05, 0.1) is 19.8 Å². The molecule has 0 heterocycles. The number of benzene rings is 2. The molecule has 130 valence electrons. The van der Waals surface area contributed by atoms with Crippen LogP contribution in [0, 0.1) is 0 Å². The monoisotopic (exact) mass is 340 g/mol. The Morgan fingerprint density at radius 3 is 2.00 bits per heavy atom. The standard InChI is InChI=1S/C18H19F3O3/c1-23-16-8-5-13(11-17(16)24-2)15(9-10-22)12-3-6-14(7-4-12)18(19,20)21/h3-8,11,15,22H,9-10H2,1-2H3. The van der Waals surface area contributed by atoms with Gasteiger partial charge in [-0.2, -0.15) is 13.2 Å². The topological polar surface area (TPSA) is 38.7 Å². The van der Waals surface area contributed by atoms with E-state index in [9.17, 15) is 18.3 Å². The van der Waals surface area contributed by atoms with E-state index < -0.39 is 11.7 Å². The van der Waals surface area contributed by atoms with Crippen LogP contribution in [0.5, 0.6) is 11.5 Å². The largest absolute Gasteiger partial charge is 0.493 e. The number of aliphatic hydroxyl groups is 1. The number of aliphatic hydroxyl groups excluding tert-OH is 1. The first-order chi connectivity index (χ1) is 11.4. The fraction of sp³-hybridized carbons (Fsp3) is 0.333. The molecule has 0 aliphatic carbocycles. The van der Waals surface area contributed by atoms with Gasteiger partial charge in [0.1, 0.15) is 0 Å². The van der Waals surface area contributed by atoms with Crippen molar-refractivity contribution in [3.05, 3.63) is 59.2 Å². The van der Waals surface area contributed by atoms with Crippen LogP contribution in [0.15, 0.2) is 42.5 Å². The third-order valence-corrected chi connectivity index (χ3v) is 3.87. The Hall–Kier alpha value is -2.21. The molecule has 0 fully saturated rings. The van der Waals surface area contributed by atoms with Crippen LogP contribution in [0.2, 0.25) is 0 Å². The smallest absolute Gasteiger partial charge is 0.416 e. The van der Waals surface area contributed by atoms with E-state index in [1.165, 1.54) is 26.4 Å². The molecule has 3 nitrogen and oxygen atoms in total. The summed E-state index contributed by atoms with van der Waals surface area (Å²) in [4.78, 5) is 0. The number of rotatable bonds is 6. The SMILES string of the molecule is COc1ccc(C(CCO)c2ccc(C(F)(F)F)cc2)cc1OC. The zero-order chi connectivity index (χ0) is 17.7. The van der Waals surface area contributed by atoms with Gasteiger partial charge in [0.15, 0.2) is 11.5 Å². The summed E-state index contributed by atoms with van der Waals surface area (Å²) in [7, 11) is 3.04. The van der Waals surface area contributed by atoms with Crippen molar-refractivity contribution >= 4 is 0 Å². The van der Waals surface area contributed by atoms with Crippen LogP contribution in [0.1, 0.15) is 29.0 Å². The lowest BCUT2D eigenvalue weighted by atomic mass is 9.88. The second kappa shape index (κ2) is 7.57. The van der Waals surface area contributed by atoms with Crippen molar-refractivity contribution in [2.45, 2.75) is 18.5 Å². The molecule has 2 rings (SSSR count). The van der Waals surface area contributed by atoms with Gasteiger partial charge in [0, 0.05) is 12.5 Å². The van der Waals surface area contributed by atoms with Crippen LogP contribution in [-0.2, 0) is 6.18 Å². The van der Waals surface area contributed by atoms with Crippen LogP contribution in [0.4, 0.5) is 13.2 Å². The molecule has 1 unspecified atom stereocenters. The second-order valence-corrected chi connectivity index (χ2v) is 5.30. The van der Waals surface area contributed by atoms with Gasteiger partial charge in [-0.1, -0.05) is 18.2 Å². The summed E-state index contributed by atoms with van der Waals surface area (Å²) in [5.41, 5.74) is 0.840. The Kier molecular flexibility index (Phi) is 5.72. The molecule has 0 aromatic heterocycles. The number of halogens is 3. The van der Waals surface area contributed by atoms with E-state index in [0.717, 1.165) is 17.7 Å². The molecule has 1 atom stereocenters. The Morgan fingerprint density at radius 1 is 0.917 bits per heavy atom. The summed E-state index contributed by atoms with van der Waals surface area (Å²) in [6, 6.07) is 10.3. The normalized spacial score (nSPS) is 12.8. The van der Waals surface area contributed by atoms with E-state index in [1.54, 1.807) is 12.1 Å². The number of methoxy groups -OCH3 is 2. The van der Waals surface area contributed by atoms with Gasteiger partial charge >= 0.3 is 6.18 Å². The second-order valence-electron chi connectivity index (χ2n) is 5.30. The molecule has 0 amide bonds. The molecular formula is C18H19F3O3. The predicted molar refractivity (Wildman–Crippen MR) is 84.5 cm³/mol. The lowest BCUT2D eigenvalue weighted by molar-refractivity contribution is -0.137. The first-order valence-corrected chi connectivity index (χ1v) is 7.40.